The van der Waals surface area contributed by atoms with Crippen molar-refractivity contribution in [3.63, 3.8) is 0 Å². The van der Waals surface area contributed by atoms with Crippen LogP contribution in [0, 0.1) is 0 Å². The molecule has 106 valence electrons. The summed E-state index contributed by atoms with van der Waals surface area (Å²) in [5.74, 6) is 0. The first-order chi connectivity index (χ1) is 9.83. The van der Waals surface area contributed by atoms with Crippen molar-refractivity contribution >= 4 is 0 Å². The summed E-state index contributed by atoms with van der Waals surface area (Å²) in [6.45, 7) is 0.807. The zero-order valence-corrected chi connectivity index (χ0v) is 11.6. The van der Waals surface area contributed by atoms with Gasteiger partial charge < -0.3 is 10.4 Å². The van der Waals surface area contributed by atoms with Crippen LogP contribution >= 0.6 is 0 Å². The lowest BCUT2D eigenvalue weighted by atomic mass is 9.92. The lowest BCUT2D eigenvalue weighted by Crippen LogP contribution is -2.41. The number of nitrogens with zero attached hydrogens (tertiary/aromatic N) is 2. The Hall–Kier alpha value is -1.65. The number of aromatic nitrogens is 2. The molecule has 4 nitrogen and oxygen atoms in total. The maximum atomic E-state index is 9.94. The van der Waals surface area contributed by atoms with Crippen LogP contribution < -0.4 is 5.32 Å². The van der Waals surface area contributed by atoms with Gasteiger partial charge in [-0.25, -0.2) is 4.68 Å². The number of aliphatic hydroxyl groups excluding tert-OH is 1. The van der Waals surface area contributed by atoms with Gasteiger partial charge in [0.2, 0.25) is 0 Å². The summed E-state index contributed by atoms with van der Waals surface area (Å²) < 4.78 is 1.85. The van der Waals surface area contributed by atoms with Gasteiger partial charge in [0.25, 0.3) is 0 Å². The lowest BCUT2D eigenvalue weighted by molar-refractivity contribution is 0.0902. The standard InChI is InChI=1S/C16H21N3O/c20-16-5-2-1-4-15(16)17-12-13-6-8-14(9-7-13)19-11-3-10-18-19/h3,6-11,15-17,20H,1-2,4-5,12H2/t15-,16+/m0/s1. The molecule has 1 aromatic heterocycles. The second-order valence-electron chi connectivity index (χ2n) is 5.46. The molecule has 1 aromatic carbocycles. The molecular weight excluding hydrogens is 250 g/mol. The Morgan fingerprint density at radius 3 is 2.70 bits per heavy atom. The third kappa shape index (κ3) is 3.08. The summed E-state index contributed by atoms with van der Waals surface area (Å²) in [7, 11) is 0. The number of benzene rings is 1. The molecule has 1 heterocycles. The largest absolute Gasteiger partial charge is 0.392 e. The Kier molecular flexibility index (Phi) is 4.14. The third-order valence-corrected chi connectivity index (χ3v) is 4.00. The molecule has 0 saturated heterocycles. The van der Waals surface area contributed by atoms with Crippen molar-refractivity contribution in [2.75, 3.05) is 0 Å². The molecule has 2 atom stereocenters. The van der Waals surface area contributed by atoms with Gasteiger partial charge in [0.1, 0.15) is 0 Å². The second-order valence-corrected chi connectivity index (χ2v) is 5.46. The molecule has 2 N–H and O–H groups in total. The van der Waals surface area contributed by atoms with Crippen LogP contribution in [0.15, 0.2) is 42.7 Å². The molecule has 0 unspecified atom stereocenters. The van der Waals surface area contributed by atoms with Gasteiger partial charge in [-0.1, -0.05) is 25.0 Å². The second kappa shape index (κ2) is 6.20. The summed E-state index contributed by atoms with van der Waals surface area (Å²) in [4.78, 5) is 0. The molecule has 1 aliphatic carbocycles. The molecule has 1 fully saturated rings. The minimum absolute atomic E-state index is 0.188. The highest BCUT2D eigenvalue weighted by molar-refractivity contribution is 5.33. The van der Waals surface area contributed by atoms with E-state index in [1.54, 1.807) is 6.20 Å². The third-order valence-electron chi connectivity index (χ3n) is 4.00. The van der Waals surface area contributed by atoms with Crippen LogP contribution in [-0.2, 0) is 6.54 Å². The number of aliphatic hydroxyl groups is 1. The summed E-state index contributed by atoms with van der Waals surface area (Å²) in [5, 5.41) is 17.6. The van der Waals surface area contributed by atoms with E-state index in [1.165, 1.54) is 12.0 Å². The highest BCUT2D eigenvalue weighted by Gasteiger charge is 2.21. The molecular formula is C16H21N3O. The Balaban J connectivity index is 1.58. The van der Waals surface area contributed by atoms with Crippen LogP contribution in [0.5, 0.6) is 0 Å². The van der Waals surface area contributed by atoms with Gasteiger partial charge in [-0.15, -0.1) is 0 Å². The fourth-order valence-corrected chi connectivity index (χ4v) is 2.79. The average molecular weight is 271 g/mol. The van der Waals surface area contributed by atoms with Crippen LogP contribution in [0.3, 0.4) is 0 Å². The van der Waals surface area contributed by atoms with Crippen molar-refractivity contribution in [3.05, 3.63) is 48.3 Å². The minimum Gasteiger partial charge on any atom is -0.392 e. The molecule has 3 rings (SSSR count). The molecule has 1 saturated carbocycles. The fourth-order valence-electron chi connectivity index (χ4n) is 2.79. The first-order valence-electron chi connectivity index (χ1n) is 7.33. The van der Waals surface area contributed by atoms with Gasteiger partial charge in [0.15, 0.2) is 0 Å². The molecule has 0 amide bonds. The van der Waals surface area contributed by atoms with Crippen molar-refractivity contribution in [1.82, 2.24) is 15.1 Å². The van der Waals surface area contributed by atoms with E-state index in [4.69, 9.17) is 0 Å². The van der Waals surface area contributed by atoms with E-state index in [1.807, 2.05) is 16.9 Å². The Morgan fingerprint density at radius 1 is 1.20 bits per heavy atom. The van der Waals surface area contributed by atoms with Gasteiger partial charge in [0.05, 0.1) is 11.8 Å². The topological polar surface area (TPSA) is 50.1 Å². The quantitative estimate of drug-likeness (QED) is 0.897. The van der Waals surface area contributed by atoms with E-state index in [0.717, 1.165) is 31.5 Å². The Labute approximate surface area is 119 Å². The lowest BCUT2D eigenvalue weighted by Gasteiger charge is -2.28. The zero-order valence-electron chi connectivity index (χ0n) is 11.6. The highest BCUT2D eigenvalue weighted by atomic mass is 16.3. The van der Waals surface area contributed by atoms with Crippen molar-refractivity contribution in [2.45, 2.75) is 44.4 Å². The molecule has 0 spiro atoms. The van der Waals surface area contributed by atoms with Gasteiger partial charge in [-0.2, -0.15) is 5.10 Å². The molecule has 0 bridgehead atoms. The van der Waals surface area contributed by atoms with Crippen LogP contribution in [0.4, 0.5) is 0 Å². The van der Waals surface area contributed by atoms with E-state index < -0.39 is 0 Å². The number of hydrogen-bond donors (Lipinski definition) is 2. The fraction of sp³-hybridized carbons (Fsp3) is 0.438. The minimum atomic E-state index is -0.188. The summed E-state index contributed by atoms with van der Waals surface area (Å²) in [5.41, 5.74) is 2.30. The van der Waals surface area contributed by atoms with Crippen LogP contribution in [0.1, 0.15) is 31.2 Å². The number of rotatable bonds is 4. The van der Waals surface area contributed by atoms with Crippen molar-refractivity contribution < 1.29 is 5.11 Å². The molecule has 1 aliphatic rings. The highest BCUT2D eigenvalue weighted by Crippen LogP contribution is 2.19. The Bertz CT molecular complexity index is 521. The summed E-state index contributed by atoms with van der Waals surface area (Å²) >= 11 is 0. The van der Waals surface area contributed by atoms with Crippen LogP contribution in [-0.4, -0.2) is 27.0 Å². The van der Waals surface area contributed by atoms with Crippen LogP contribution in [0.2, 0.25) is 0 Å². The van der Waals surface area contributed by atoms with Crippen molar-refractivity contribution in [1.29, 1.82) is 0 Å². The molecule has 0 radical (unpaired) electrons. The molecule has 20 heavy (non-hydrogen) atoms. The van der Waals surface area contributed by atoms with Gasteiger partial charge >= 0.3 is 0 Å². The van der Waals surface area contributed by atoms with Gasteiger partial charge in [-0.05, 0) is 36.6 Å². The maximum absolute atomic E-state index is 9.94. The first kappa shape index (κ1) is 13.3. The summed E-state index contributed by atoms with van der Waals surface area (Å²) in [6.07, 6.45) is 7.89. The average Bonchev–Trinajstić information content (AvgIpc) is 3.01. The summed E-state index contributed by atoms with van der Waals surface area (Å²) in [6, 6.07) is 10.5. The molecule has 2 aromatic rings. The smallest absolute Gasteiger partial charge is 0.0693 e. The van der Waals surface area contributed by atoms with E-state index >= 15 is 0 Å². The SMILES string of the molecule is O[C@@H]1CCCC[C@@H]1NCc1ccc(-n2cccn2)cc1. The molecule has 0 aliphatic heterocycles. The monoisotopic (exact) mass is 271 g/mol. The Morgan fingerprint density at radius 2 is 2.00 bits per heavy atom. The predicted molar refractivity (Wildman–Crippen MR) is 78.7 cm³/mol. The predicted octanol–water partition coefficient (Wildman–Crippen LogP) is 2.27. The number of hydrogen-bond acceptors (Lipinski definition) is 3. The van der Waals surface area contributed by atoms with E-state index in [2.05, 4.69) is 34.7 Å². The molecule has 4 heteroatoms. The van der Waals surface area contributed by atoms with Crippen molar-refractivity contribution in [2.24, 2.45) is 0 Å². The van der Waals surface area contributed by atoms with Crippen LogP contribution in [0.25, 0.3) is 5.69 Å². The maximum Gasteiger partial charge on any atom is 0.0693 e. The first-order valence-corrected chi connectivity index (χ1v) is 7.33. The van der Waals surface area contributed by atoms with Gasteiger partial charge in [0, 0.05) is 25.0 Å². The zero-order chi connectivity index (χ0) is 13.8. The van der Waals surface area contributed by atoms with E-state index in [9.17, 15) is 5.11 Å². The normalized spacial score (nSPS) is 22.9. The number of nitrogens with one attached hydrogen (secondary N) is 1. The van der Waals surface area contributed by atoms with Crippen molar-refractivity contribution in [3.8, 4) is 5.69 Å². The van der Waals surface area contributed by atoms with E-state index in [0.29, 0.717) is 0 Å². The van der Waals surface area contributed by atoms with E-state index in [-0.39, 0.29) is 12.1 Å². The van der Waals surface area contributed by atoms with Gasteiger partial charge in [-0.3, -0.25) is 0 Å².